The lowest BCUT2D eigenvalue weighted by Gasteiger charge is -2.05. The Morgan fingerprint density at radius 1 is 1.21 bits per heavy atom. The summed E-state index contributed by atoms with van der Waals surface area (Å²) in [6.45, 7) is 1.74. The second-order valence-electron chi connectivity index (χ2n) is 3.93. The number of nitrogens with zero attached hydrogens (tertiary/aromatic N) is 1. The molecule has 4 nitrogen and oxygen atoms in total. The maximum atomic E-state index is 11.7. The van der Waals surface area contributed by atoms with E-state index in [0.717, 1.165) is 3.57 Å². The molecule has 0 aromatic heterocycles. The Morgan fingerprint density at radius 3 is 2.53 bits per heavy atom. The average Bonchev–Trinajstić information content (AvgIpc) is 2.38. The molecule has 0 N–H and O–H groups in total. The first-order chi connectivity index (χ1) is 9.06. The number of carbonyl (C=O) groups is 2. The Hall–Kier alpha value is -1.76. The molecule has 0 spiro atoms. The Balaban J connectivity index is 2.08. The van der Waals surface area contributed by atoms with E-state index in [1.165, 1.54) is 18.2 Å². The minimum Gasteiger partial charge on any atom is -0.312 e. The molecule has 0 amide bonds. The number of oxime groups is 1. The molecule has 1 aromatic rings. The van der Waals surface area contributed by atoms with E-state index in [4.69, 9.17) is 4.84 Å². The van der Waals surface area contributed by atoms with E-state index >= 15 is 0 Å². The zero-order valence-corrected chi connectivity index (χ0v) is 12.2. The van der Waals surface area contributed by atoms with E-state index in [-0.39, 0.29) is 5.78 Å². The summed E-state index contributed by atoms with van der Waals surface area (Å²) in [5.74, 6) is -0.623. The van der Waals surface area contributed by atoms with Gasteiger partial charge in [-0.2, -0.15) is 0 Å². The molecule has 1 aliphatic carbocycles. The Bertz CT molecular complexity index is 612. The summed E-state index contributed by atoms with van der Waals surface area (Å²) in [6, 6.07) is 6.98. The molecule has 96 valence electrons. The fourth-order valence-corrected chi connectivity index (χ4v) is 1.82. The molecule has 0 saturated heterocycles. The van der Waals surface area contributed by atoms with Crippen molar-refractivity contribution in [3.8, 4) is 0 Å². The predicted octanol–water partition coefficient (Wildman–Crippen LogP) is 2.89. The fraction of sp³-hybridized carbons (Fsp3) is 0.0714. The van der Waals surface area contributed by atoms with Crippen LogP contribution >= 0.6 is 22.6 Å². The van der Waals surface area contributed by atoms with Gasteiger partial charge in [0.25, 0.3) is 0 Å². The molecule has 0 fully saturated rings. The van der Waals surface area contributed by atoms with Crippen LogP contribution in [0.5, 0.6) is 0 Å². The first-order valence-corrected chi connectivity index (χ1v) is 6.60. The van der Waals surface area contributed by atoms with Gasteiger partial charge in [-0.3, -0.25) is 4.79 Å². The Labute approximate surface area is 124 Å². The third-order valence-corrected chi connectivity index (χ3v) is 3.19. The van der Waals surface area contributed by atoms with Crippen LogP contribution in [0.2, 0.25) is 0 Å². The maximum absolute atomic E-state index is 11.7. The van der Waals surface area contributed by atoms with Crippen LogP contribution in [0.15, 0.2) is 53.2 Å². The standard InChI is InChI=1S/C14H10INO3/c1-9-8-12(17)6-7-13(9)16-19-14(18)10-2-4-11(15)5-3-10/h2-8H,1H3/b16-13-. The molecule has 0 radical (unpaired) electrons. The van der Waals surface area contributed by atoms with Gasteiger partial charge < -0.3 is 4.84 Å². The average molecular weight is 367 g/mol. The minimum absolute atomic E-state index is 0.0968. The number of hydrogen-bond donors (Lipinski definition) is 0. The van der Waals surface area contributed by atoms with Crippen molar-refractivity contribution in [3.05, 3.63) is 57.2 Å². The number of hydrogen-bond acceptors (Lipinski definition) is 4. The van der Waals surface area contributed by atoms with Crippen molar-refractivity contribution in [1.82, 2.24) is 0 Å². The van der Waals surface area contributed by atoms with Crippen molar-refractivity contribution in [1.29, 1.82) is 0 Å². The predicted molar refractivity (Wildman–Crippen MR) is 79.9 cm³/mol. The van der Waals surface area contributed by atoms with Gasteiger partial charge in [0.1, 0.15) is 5.71 Å². The van der Waals surface area contributed by atoms with Crippen LogP contribution in [-0.4, -0.2) is 17.5 Å². The molecule has 0 bridgehead atoms. The number of ketones is 1. The zero-order valence-electron chi connectivity index (χ0n) is 10.1. The van der Waals surface area contributed by atoms with Crippen LogP contribution in [0.1, 0.15) is 17.3 Å². The lowest BCUT2D eigenvalue weighted by molar-refractivity contribution is -0.110. The molecule has 0 heterocycles. The summed E-state index contributed by atoms with van der Waals surface area (Å²) < 4.78 is 1.04. The lowest BCUT2D eigenvalue weighted by atomic mass is 10.1. The van der Waals surface area contributed by atoms with Crippen molar-refractivity contribution < 1.29 is 14.4 Å². The lowest BCUT2D eigenvalue weighted by Crippen LogP contribution is -2.08. The van der Waals surface area contributed by atoms with Gasteiger partial charge in [0.15, 0.2) is 5.78 Å². The van der Waals surface area contributed by atoms with Crippen LogP contribution in [-0.2, 0) is 9.63 Å². The van der Waals surface area contributed by atoms with Gasteiger partial charge in [0, 0.05) is 3.57 Å². The van der Waals surface area contributed by atoms with Crippen LogP contribution in [0, 0.1) is 3.57 Å². The number of benzene rings is 1. The molecular weight excluding hydrogens is 357 g/mol. The first-order valence-electron chi connectivity index (χ1n) is 5.52. The van der Waals surface area contributed by atoms with Crippen LogP contribution < -0.4 is 0 Å². The highest BCUT2D eigenvalue weighted by Gasteiger charge is 2.10. The summed E-state index contributed by atoms with van der Waals surface area (Å²) in [5, 5.41) is 3.76. The third-order valence-electron chi connectivity index (χ3n) is 2.48. The van der Waals surface area contributed by atoms with E-state index in [2.05, 4.69) is 27.7 Å². The smallest absolute Gasteiger partial charge is 0.312 e. The third kappa shape index (κ3) is 3.60. The van der Waals surface area contributed by atoms with Gasteiger partial charge in [-0.25, -0.2) is 4.79 Å². The number of allylic oxidation sites excluding steroid dienone is 4. The second kappa shape index (κ2) is 5.92. The quantitative estimate of drug-likeness (QED) is 0.350. The van der Waals surface area contributed by atoms with E-state index in [0.29, 0.717) is 16.8 Å². The number of carbonyl (C=O) groups excluding carboxylic acids is 2. The molecule has 19 heavy (non-hydrogen) atoms. The van der Waals surface area contributed by atoms with Crippen molar-refractivity contribution in [2.45, 2.75) is 6.92 Å². The summed E-state index contributed by atoms with van der Waals surface area (Å²) in [6.07, 6.45) is 4.35. The van der Waals surface area contributed by atoms with Crippen LogP contribution in [0.25, 0.3) is 0 Å². The Kier molecular flexibility index (Phi) is 4.26. The van der Waals surface area contributed by atoms with Crippen LogP contribution in [0.3, 0.4) is 0 Å². The fourth-order valence-electron chi connectivity index (χ4n) is 1.46. The molecule has 2 rings (SSSR count). The highest BCUT2D eigenvalue weighted by atomic mass is 127. The van der Waals surface area contributed by atoms with E-state index in [1.807, 2.05) is 12.1 Å². The van der Waals surface area contributed by atoms with Gasteiger partial charge in [-0.1, -0.05) is 5.16 Å². The van der Waals surface area contributed by atoms with Crippen molar-refractivity contribution >= 4 is 40.1 Å². The van der Waals surface area contributed by atoms with Gasteiger partial charge in [0.2, 0.25) is 0 Å². The Morgan fingerprint density at radius 2 is 1.89 bits per heavy atom. The monoisotopic (exact) mass is 367 g/mol. The van der Waals surface area contributed by atoms with E-state index < -0.39 is 5.97 Å². The molecule has 0 atom stereocenters. The van der Waals surface area contributed by atoms with Crippen LogP contribution in [0.4, 0.5) is 0 Å². The van der Waals surface area contributed by atoms with E-state index in [9.17, 15) is 9.59 Å². The number of rotatable bonds is 2. The maximum Gasteiger partial charge on any atom is 0.365 e. The van der Waals surface area contributed by atoms with Crippen molar-refractivity contribution in [2.24, 2.45) is 5.16 Å². The zero-order chi connectivity index (χ0) is 13.8. The molecule has 0 unspecified atom stereocenters. The summed E-state index contributed by atoms with van der Waals surface area (Å²) >= 11 is 2.15. The first kappa shape index (κ1) is 13.7. The topological polar surface area (TPSA) is 55.7 Å². The molecule has 0 aliphatic heterocycles. The van der Waals surface area contributed by atoms with Gasteiger partial charge >= 0.3 is 5.97 Å². The van der Waals surface area contributed by atoms with Gasteiger partial charge in [0.05, 0.1) is 5.56 Å². The molecule has 5 heteroatoms. The van der Waals surface area contributed by atoms with Crippen molar-refractivity contribution in [2.75, 3.05) is 0 Å². The summed E-state index contributed by atoms with van der Waals surface area (Å²) in [5.41, 5.74) is 1.57. The summed E-state index contributed by atoms with van der Waals surface area (Å²) in [7, 11) is 0. The molecule has 1 aromatic carbocycles. The normalized spacial score (nSPS) is 16.4. The second-order valence-corrected chi connectivity index (χ2v) is 5.17. The van der Waals surface area contributed by atoms with Gasteiger partial charge in [-0.05, 0) is 77.6 Å². The summed E-state index contributed by atoms with van der Waals surface area (Å²) in [4.78, 5) is 27.7. The largest absolute Gasteiger partial charge is 0.365 e. The molecule has 1 aliphatic rings. The highest BCUT2D eigenvalue weighted by molar-refractivity contribution is 14.1. The highest BCUT2D eigenvalue weighted by Crippen LogP contribution is 2.10. The number of halogens is 1. The minimum atomic E-state index is -0.526. The SMILES string of the molecule is CC1=CC(=O)C=C/C1=N/OC(=O)c1ccc(I)cc1. The molecule has 0 saturated carbocycles. The van der Waals surface area contributed by atoms with E-state index in [1.54, 1.807) is 19.1 Å². The molecular formula is C14H10INO3. The van der Waals surface area contributed by atoms with Gasteiger partial charge in [-0.15, -0.1) is 0 Å². The van der Waals surface area contributed by atoms with Crippen molar-refractivity contribution in [3.63, 3.8) is 0 Å².